The highest BCUT2D eigenvalue weighted by molar-refractivity contribution is 6.31. The molecule has 1 rings (SSSR count). The molecule has 0 spiro atoms. The van der Waals surface area contributed by atoms with Crippen molar-refractivity contribution in [3.63, 3.8) is 0 Å². The summed E-state index contributed by atoms with van der Waals surface area (Å²) in [6.07, 6.45) is 0. The Hall–Kier alpha value is -1.02. The van der Waals surface area contributed by atoms with Gasteiger partial charge in [-0.3, -0.25) is 5.41 Å². The maximum Gasteiger partial charge on any atom is 0.213 e. The van der Waals surface area contributed by atoms with Crippen molar-refractivity contribution in [1.82, 2.24) is 0 Å². The molecule has 0 saturated heterocycles. The Kier molecular flexibility index (Phi) is 3.32. The summed E-state index contributed by atoms with van der Waals surface area (Å²) in [4.78, 5) is 0. The second kappa shape index (κ2) is 4.28. The van der Waals surface area contributed by atoms with Crippen LogP contribution in [0.15, 0.2) is 18.2 Å². The summed E-state index contributed by atoms with van der Waals surface area (Å²) in [7, 11) is 0. The molecular weight excluding hydrogens is 186 g/mol. The molecule has 0 aliphatic carbocycles. The summed E-state index contributed by atoms with van der Waals surface area (Å²) in [6, 6.07) is 5.43. The highest BCUT2D eigenvalue weighted by atomic mass is 35.5. The molecule has 0 fully saturated rings. The molecule has 13 heavy (non-hydrogen) atoms. The van der Waals surface area contributed by atoms with Crippen LogP contribution in [-0.4, -0.2) is 12.5 Å². The van der Waals surface area contributed by atoms with Crippen molar-refractivity contribution in [1.29, 1.82) is 5.41 Å². The average Bonchev–Trinajstić information content (AvgIpc) is 2.09. The van der Waals surface area contributed by atoms with Crippen molar-refractivity contribution >= 4 is 17.5 Å². The van der Waals surface area contributed by atoms with E-state index in [1.54, 1.807) is 12.1 Å². The van der Waals surface area contributed by atoms with Crippen LogP contribution >= 0.6 is 11.6 Å². The first kappa shape index (κ1) is 10.1. The Morgan fingerprint density at radius 2 is 2.23 bits per heavy atom. The van der Waals surface area contributed by atoms with E-state index in [-0.39, 0.29) is 5.90 Å². The number of ether oxygens (including phenoxy) is 1. The zero-order chi connectivity index (χ0) is 9.84. The van der Waals surface area contributed by atoms with Gasteiger partial charge in [0, 0.05) is 10.6 Å². The van der Waals surface area contributed by atoms with E-state index in [1.807, 2.05) is 19.9 Å². The number of aryl methyl sites for hydroxylation is 1. The topological polar surface area (TPSA) is 33.1 Å². The summed E-state index contributed by atoms with van der Waals surface area (Å²) in [6.45, 7) is 4.29. The fourth-order valence-electron chi connectivity index (χ4n) is 1.06. The van der Waals surface area contributed by atoms with Gasteiger partial charge in [-0.05, 0) is 31.5 Å². The fourth-order valence-corrected chi connectivity index (χ4v) is 1.23. The number of hydrogen-bond donors (Lipinski definition) is 1. The van der Waals surface area contributed by atoms with Gasteiger partial charge < -0.3 is 4.74 Å². The summed E-state index contributed by atoms with van der Waals surface area (Å²) in [5.74, 6) is 0.183. The molecule has 70 valence electrons. The highest BCUT2D eigenvalue weighted by Gasteiger charge is 2.05. The van der Waals surface area contributed by atoms with Gasteiger partial charge >= 0.3 is 0 Å². The van der Waals surface area contributed by atoms with Gasteiger partial charge in [0.05, 0.1) is 6.61 Å². The number of rotatable bonds is 2. The monoisotopic (exact) mass is 197 g/mol. The van der Waals surface area contributed by atoms with E-state index in [0.29, 0.717) is 11.6 Å². The van der Waals surface area contributed by atoms with E-state index in [1.165, 1.54) is 0 Å². The Morgan fingerprint density at radius 3 is 2.85 bits per heavy atom. The van der Waals surface area contributed by atoms with Gasteiger partial charge in [-0.2, -0.15) is 0 Å². The summed E-state index contributed by atoms with van der Waals surface area (Å²) < 4.78 is 5.09. The van der Waals surface area contributed by atoms with Crippen LogP contribution in [-0.2, 0) is 4.74 Å². The fraction of sp³-hybridized carbons (Fsp3) is 0.300. The van der Waals surface area contributed by atoms with Crippen LogP contribution in [0.25, 0.3) is 0 Å². The van der Waals surface area contributed by atoms with Crippen LogP contribution < -0.4 is 0 Å². The standard InChI is InChI=1S/C10H12ClNO/c1-3-13-10(12)9-6-8(11)5-4-7(9)2/h4-6,12H,3H2,1-2H3. The van der Waals surface area contributed by atoms with Crippen LogP contribution in [0.5, 0.6) is 0 Å². The third kappa shape index (κ3) is 2.46. The molecule has 1 N–H and O–H groups in total. The lowest BCUT2D eigenvalue weighted by molar-refractivity contribution is 0.325. The van der Waals surface area contributed by atoms with Crippen molar-refractivity contribution in [2.45, 2.75) is 13.8 Å². The first-order valence-electron chi connectivity index (χ1n) is 4.13. The molecule has 0 amide bonds. The van der Waals surface area contributed by atoms with Crippen molar-refractivity contribution in [3.05, 3.63) is 34.3 Å². The molecular formula is C10H12ClNO. The molecule has 0 aromatic heterocycles. The molecule has 1 aromatic rings. The quantitative estimate of drug-likeness (QED) is 0.574. The molecule has 0 heterocycles. The van der Waals surface area contributed by atoms with E-state index < -0.39 is 0 Å². The molecule has 0 aliphatic rings. The molecule has 1 aromatic carbocycles. The van der Waals surface area contributed by atoms with Crippen molar-refractivity contribution < 1.29 is 4.74 Å². The van der Waals surface area contributed by atoms with Crippen LogP contribution in [0, 0.1) is 12.3 Å². The minimum atomic E-state index is 0.183. The van der Waals surface area contributed by atoms with Gasteiger partial charge in [-0.1, -0.05) is 17.7 Å². The zero-order valence-electron chi connectivity index (χ0n) is 7.73. The smallest absolute Gasteiger partial charge is 0.213 e. The van der Waals surface area contributed by atoms with E-state index in [0.717, 1.165) is 11.1 Å². The van der Waals surface area contributed by atoms with Crippen LogP contribution in [0.4, 0.5) is 0 Å². The summed E-state index contributed by atoms with van der Waals surface area (Å²) in [5.41, 5.74) is 1.76. The Morgan fingerprint density at radius 1 is 1.54 bits per heavy atom. The maximum absolute atomic E-state index is 7.59. The Bertz CT molecular complexity index is 323. The normalized spacial score (nSPS) is 9.77. The van der Waals surface area contributed by atoms with Crippen molar-refractivity contribution in [3.8, 4) is 0 Å². The number of benzene rings is 1. The van der Waals surface area contributed by atoms with Gasteiger partial charge in [-0.15, -0.1) is 0 Å². The third-order valence-electron chi connectivity index (χ3n) is 1.73. The van der Waals surface area contributed by atoms with Crippen LogP contribution in [0.3, 0.4) is 0 Å². The number of nitrogens with one attached hydrogen (secondary N) is 1. The average molecular weight is 198 g/mol. The van der Waals surface area contributed by atoms with Crippen molar-refractivity contribution in [2.75, 3.05) is 6.61 Å². The number of hydrogen-bond acceptors (Lipinski definition) is 2. The second-order valence-corrected chi connectivity index (χ2v) is 3.16. The first-order valence-corrected chi connectivity index (χ1v) is 4.50. The Labute approximate surface area is 83.0 Å². The largest absolute Gasteiger partial charge is 0.478 e. The zero-order valence-corrected chi connectivity index (χ0v) is 8.48. The lowest BCUT2D eigenvalue weighted by Gasteiger charge is -2.07. The maximum atomic E-state index is 7.59. The van der Waals surface area contributed by atoms with Crippen LogP contribution in [0.1, 0.15) is 18.1 Å². The van der Waals surface area contributed by atoms with Gasteiger partial charge in [0.25, 0.3) is 0 Å². The minimum absolute atomic E-state index is 0.183. The predicted molar refractivity (Wildman–Crippen MR) is 54.6 cm³/mol. The minimum Gasteiger partial charge on any atom is -0.478 e. The molecule has 0 aliphatic heterocycles. The van der Waals surface area contributed by atoms with E-state index in [4.69, 9.17) is 21.7 Å². The number of halogens is 1. The van der Waals surface area contributed by atoms with E-state index in [2.05, 4.69) is 0 Å². The van der Waals surface area contributed by atoms with E-state index >= 15 is 0 Å². The molecule has 2 nitrogen and oxygen atoms in total. The molecule has 0 bridgehead atoms. The lowest BCUT2D eigenvalue weighted by Crippen LogP contribution is -2.06. The predicted octanol–water partition coefficient (Wildman–Crippen LogP) is 3.01. The van der Waals surface area contributed by atoms with Crippen molar-refractivity contribution in [2.24, 2.45) is 0 Å². The molecule has 0 saturated carbocycles. The first-order chi connectivity index (χ1) is 6.15. The van der Waals surface area contributed by atoms with Gasteiger partial charge in [0.1, 0.15) is 0 Å². The van der Waals surface area contributed by atoms with Crippen LogP contribution in [0.2, 0.25) is 5.02 Å². The van der Waals surface area contributed by atoms with Gasteiger partial charge in [0.2, 0.25) is 5.90 Å². The van der Waals surface area contributed by atoms with E-state index in [9.17, 15) is 0 Å². The summed E-state index contributed by atoms with van der Waals surface area (Å²) in [5, 5.41) is 8.22. The highest BCUT2D eigenvalue weighted by Crippen LogP contribution is 2.16. The summed E-state index contributed by atoms with van der Waals surface area (Å²) >= 11 is 5.81. The molecule has 0 unspecified atom stereocenters. The molecule has 3 heteroatoms. The van der Waals surface area contributed by atoms with Gasteiger partial charge in [0.15, 0.2) is 0 Å². The third-order valence-corrected chi connectivity index (χ3v) is 1.97. The lowest BCUT2D eigenvalue weighted by atomic mass is 10.1. The Balaban J connectivity index is 2.99. The van der Waals surface area contributed by atoms with Gasteiger partial charge in [-0.25, -0.2) is 0 Å². The SMILES string of the molecule is CCOC(=N)c1cc(Cl)ccc1C. The molecule has 0 radical (unpaired) electrons. The molecule has 0 atom stereocenters. The second-order valence-electron chi connectivity index (χ2n) is 2.72.